The van der Waals surface area contributed by atoms with Gasteiger partial charge in [0.25, 0.3) is 10.2 Å². The Morgan fingerprint density at radius 1 is 1.42 bits per heavy atom. The van der Waals surface area contributed by atoms with Crippen LogP contribution in [-0.2, 0) is 10.2 Å². The van der Waals surface area contributed by atoms with E-state index in [2.05, 4.69) is 14.3 Å². The van der Waals surface area contributed by atoms with Gasteiger partial charge in [0.05, 0.1) is 4.99 Å². The van der Waals surface area contributed by atoms with Crippen LogP contribution in [-0.4, -0.2) is 50.5 Å². The monoisotopic (exact) mass is 308 g/mol. The average Bonchev–Trinajstić information content (AvgIpc) is 2.28. The topological polar surface area (TPSA) is 87.5 Å². The van der Waals surface area contributed by atoms with Crippen LogP contribution >= 0.6 is 12.2 Å². The summed E-state index contributed by atoms with van der Waals surface area (Å²) in [4.78, 5) is 2.63. The van der Waals surface area contributed by atoms with Crippen molar-refractivity contribution >= 4 is 27.4 Å². The van der Waals surface area contributed by atoms with Crippen molar-refractivity contribution in [1.29, 1.82) is 0 Å². The van der Waals surface area contributed by atoms with E-state index in [9.17, 15) is 8.42 Å². The van der Waals surface area contributed by atoms with E-state index >= 15 is 0 Å². The first-order chi connectivity index (χ1) is 8.78. The minimum absolute atomic E-state index is 0.00717. The second kappa shape index (κ2) is 7.49. The van der Waals surface area contributed by atoms with Crippen LogP contribution in [0.1, 0.15) is 26.7 Å². The molecule has 19 heavy (non-hydrogen) atoms. The largest absolute Gasteiger partial charge is 0.392 e. The Labute approximate surface area is 121 Å². The van der Waals surface area contributed by atoms with E-state index in [4.69, 9.17) is 18.0 Å². The smallest absolute Gasteiger partial charge is 0.277 e. The maximum Gasteiger partial charge on any atom is 0.277 e. The zero-order valence-corrected chi connectivity index (χ0v) is 13.2. The number of nitrogens with one attached hydrogen (secondary N) is 2. The van der Waals surface area contributed by atoms with Gasteiger partial charge < -0.3 is 5.73 Å². The molecule has 0 aromatic rings. The molecular weight excluding hydrogens is 284 g/mol. The third kappa shape index (κ3) is 7.17. The van der Waals surface area contributed by atoms with E-state index in [1.54, 1.807) is 0 Å². The molecule has 1 aliphatic rings. The van der Waals surface area contributed by atoms with Gasteiger partial charge in [-0.05, 0) is 18.8 Å². The van der Waals surface area contributed by atoms with Crippen LogP contribution in [0.15, 0.2) is 0 Å². The van der Waals surface area contributed by atoms with E-state index in [0.717, 1.165) is 25.9 Å². The highest BCUT2D eigenvalue weighted by Crippen LogP contribution is 2.10. The first-order valence-corrected chi connectivity index (χ1v) is 8.45. The first kappa shape index (κ1) is 16.8. The highest BCUT2D eigenvalue weighted by molar-refractivity contribution is 7.87. The molecule has 0 amide bonds. The maximum atomic E-state index is 11.8. The third-order valence-electron chi connectivity index (χ3n) is 2.97. The van der Waals surface area contributed by atoms with Crippen LogP contribution in [0.25, 0.3) is 0 Å². The summed E-state index contributed by atoms with van der Waals surface area (Å²) in [6, 6.07) is -0.00717. The zero-order valence-electron chi connectivity index (χ0n) is 11.6. The van der Waals surface area contributed by atoms with Gasteiger partial charge in [-0.15, -0.1) is 0 Å². The van der Waals surface area contributed by atoms with Gasteiger partial charge in [0.15, 0.2) is 0 Å². The summed E-state index contributed by atoms with van der Waals surface area (Å²) < 4.78 is 28.8. The van der Waals surface area contributed by atoms with Crippen molar-refractivity contribution in [3.63, 3.8) is 0 Å². The lowest BCUT2D eigenvalue weighted by Crippen LogP contribution is -2.49. The van der Waals surface area contributed by atoms with E-state index in [-0.39, 0.29) is 6.04 Å². The highest BCUT2D eigenvalue weighted by atomic mass is 32.2. The predicted molar refractivity (Wildman–Crippen MR) is 81.1 cm³/mol. The normalized spacial score (nSPS) is 18.9. The summed E-state index contributed by atoms with van der Waals surface area (Å²) in [5.74, 6) is 0.295. The van der Waals surface area contributed by atoms with Crippen molar-refractivity contribution in [1.82, 2.24) is 14.3 Å². The molecule has 0 atom stereocenters. The fourth-order valence-corrected chi connectivity index (χ4v) is 3.46. The molecule has 0 aromatic carbocycles. The van der Waals surface area contributed by atoms with E-state index in [1.165, 1.54) is 0 Å². The van der Waals surface area contributed by atoms with Gasteiger partial charge in [0.2, 0.25) is 0 Å². The number of thiocarbonyl (C=S) groups is 1. The number of rotatable bonds is 7. The molecule has 0 radical (unpaired) electrons. The van der Waals surface area contributed by atoms with Crippen LogP contribution in [0.3, 0.4) is 0 Å². The average molecular weight is 308 g/mol. The predicted octanol–water partition coefficient (Wildman–Crippen LogP) is -0.183. The van der Waals surface area contributed by atoms with E-state index in [1.807, 2.05) is 13.8 Å². The molecule has 1 aliphatic heterocycles. The second-order valence-electron chi connectivity index (χ2n) is 5.38. The minimum atomic E-state index is -3.39. The van der Waals surface area contributed by atoms with Crippen LogP contribution in [0, 0.1) is 5.92 Å². The molecule has 1 fully saturated rings. The summed E-state index contributed by atoms with van der Waals surface area (Å²) in [5.41, 5.74) is 5.50. The Morgan fingerprint density at radius 2 is 2.00 bits per heavy atom. The van der Waals surface area contributed by atoms with Gasteiger partial charge in [0, 0.05) is 32.2 Å². The van der Waals surface area contributed by atoms with Gasteiger partial charge in [-0.1, -0.05) is 26.1 Å². The fraction of sp³-hybridized carbons (Fsp3) is 0.909. The molecule has 112 valence electrons. The quantitative estimate of drug-likeness (QED) is 0.568. The molecule has 0 saturated carbocycles. The summed E-state index contributed by atoms with van der Waals surface area (Å²) in [6.45, 7) is 6.63. The van der Waals surface area contributed by atoms with E-state index in [0.29, 0.717) is 24.0 Å². The van der Waals surface area contributed by atoms with Crippen LogP contribution in [0.2, 0.25) is 0 Å². The SMILES string of the molecule is CC(C)CNS(=O)(=O)NC1CCN(CC(N)=S)CC1. The van der Waals surface area contributed by atoms with Gasteiger partial charge in [-0.2, -0.15) is 13.1 Å². The molecule has 1 saturated heterocycles. The molecule has 0 unspecified atom stereocenters. The lowest BCUT2D eigenvalue weighted by atomic mass is 10.1. The summed E-state index contributed by atoms with van der Waals surface area (Å²) >= 11 is 4.87. The second-order valence-corrected chi connectivity index (χ2v) is 7.44. The molecule has 0 spiro atoms. The van der Waals surface area contributed by atoms with Gasteiger partial charge in [0.1, 0.15) is 0 Å². The Morgan fingerprint density at radius 3 is 2.47 bits per heavy atom. The summed E-state index contributed by atoms with van der Waals surface area (Å²) in [5, 5.41) is 0. The van der Waals surface area contributed by atoms with Crippen molar-refractivity contribution in [2.75, 3.05) is 26.2 Å². The van der Waals surface area contributed by atoms with Crippen molar-refractivity contribution in [2.45, 2.75) is 32.7 Å². The molecule has 6 nitrogen and oxygen atoms in total. The molecule has 1 heterocycles. The Kier molecular flexibility index (Phi) is 6.61. The molecule has 8 heteroatoms. The standard InChI is InChI=1S/C11H24N4O2S2/c1-9(2)7-13-19(16,17)14-10-3-5-15(6-4-10)8-11(12)18/h9-10,13-14H,3-8H2,1-2H3,(H2,12,18). The van der Waals surface area contributed by atoms with Crippen molar-refractivity contribution < 1.29 is 8.42 Å². The zero-order chi connectivity index (χ0) is 14.5. The van der Waals surface area contributed by atoms with Crippen LogP contribution in [0.5, 0.6) is 0 Å². The lowest BCUT2D eigenvalue weighted by molar-refractivity contribution is 0.232. The maximum absolute atomic E-state index is 11.8. The number of hydrogen-bond donors (Lipinski definition) is 3. The van der Waals surface area contributed by atoms with Crippen molar-refractivity contribution in [2.24, 2.45) is 11.7 Å². The number of nitrogens with zero attached hydrogens (tertiary/aromatic N) is 1. The molecule has 1 rings (SSSR count). The minimum Gasteiger partial charge on any atom is -0.392 e. The molecule has 0 aliphatic carbocycles. The Balaban J connectivity index is 2.34. The van der Waals surface area contributed by atoms with Gasteiger partial charge >= 0.3 is 0 Å². The van der Waals surface area contributed by atoms with Gasteiger partial charge in [-0.3, -0.25) is 4.90 Å². The van der Waals surface area contributed by atoms with Crippen LogP contribution in [0.4, 0.5) is 0 Å². The van der Waals surface area contributed by atoms with E-state index < -0.39 is 10.2 Å². The number of hydrogen-bond acceptors (Lipinski definition) is 4. The molecule has 4 N–H and O–H groups in total. The van der Waals surface area contributed by atoms with Crippen LogP contribution < -0.4 is 15.2 Å². The molecular formula is C11H24N4O2S2. The Bertz CT molecular complexity index is 389. The Hall–Kier alpha value is -0.280. The number of piperidine rings is 1. The summed E-state index contributed by atoms with van der Waals surface area (Å²) in [6.07, 6.45) is 1.57. The fourth-order valence-electron chi connectivity index (χ4n) is 1.97. The van der Waals surface area contributed by atoms with Gasteiger partial charge in [-0.25, -0.2) is 4.72 Å². The highest BCUT2D eigenvalue weighted by Gasteiger charge is 2.23. The first-order valence-electron chi connectivity index (χ1n) is 6.56. The molecule has 0 aromatic heterocycles. The molecule has 0 bridgehead atoms. The lowest BCUT2D eigenvalue weighted by Gasteiger charge is -2.31. The number of nitrogens with two attached hydrogens (primary N) is 1. The van der Waals surface area contributed by atoms with Crippen molar-refractivity contribution in [3.05, 3.63) is 0 Å². The third-order valence-corrected chi connectivity index (χ3v) is 4.29. The van der Waals surface area contributed by atoms with Crippen molar-refractivity contribution in [3.8, 4) is 0 Å². The number of likely N-dealkylation sites (tertiary alicyclic amines) is 1. The summed E-state index contributed by atoms with van der Waals surface area (Å²) in [7, 11) is -3.39.